The smallest absolute Gasteiger partial charge is 0.340 e. The number of nitrogens with one attached hydrogen (secondary N) is 1. The zero-order valence-electron chi connectivity index (χ0n) is 14.2. The van der Waals surface area contributed by atoms with Gasteiger partial charge < -0.3 is 4.74 Å². The highest BCUT2D eigenvalue weighted by atomic mass is 32.2. The highest BCUT2D eigenvalue weighted by molar-refractivity contribution is 7.92. The molecule has 0 atom stereocenters. The van der Waals surface area contributed by atoms with Gasteiger partial charge in [-0.25, -0.2) is 13.2 Å². The van der Waals surface area contributed by atoms with E-state index in [1.807, 2.05) is 26.0 Å². The van der Waals surface area contributed by atoms with E-state index in [0.29, 0.717) is 5.56 Å². The number of rotatable bonds is 6. The number of aryl methyl sites for hydroxylation is 2. The van der Waals surface area contributed by atoms with Crippen LogP contribution in [0.1, 0.15) is 31.8 Å². The molecule has 0 aliphatic carbocycles. The average molecular weight is 361 g/mol. The molecule has 25 heavy (non-hydrogen) atoms. The number of sulfonamides is 1. The van der Waals surface area contributed by atoms with Crippen molar-refractivity contribution in [3.05, 3.63) is 64.7 Å². The first-order chi connectivity index (χ1) is 11.7. The number of ether oxygens (including phenoxy) is 1. The third-order valence-electron chi connectivity index (χ3n) is 3.46. The number of carbonyl (C=O) groups is 2. The zero-order valence-corrected chi connectivity index (χ0v) is 15.0. The first-order valence-electron chi connectivity index (χ1n) is 7.52. The van der Waals surface area contributed by atoms with Crippen LogP contribution in [0.5, 0.6) is 0 Å². The predicted molar refractivity (Wildman–Crippen MR) is 95.4 cm³/mol. The van der Waals surface area contributed by atoms with Crippen LogP contribution in [0.3, 0.4) is 0 Å². The Morgan fingerprint density at radius 1 is 1.04 bits per heavy atom. The second kappa shape index (κ2) is 7.48. The van der Waals surface area contributed by atoms with Gasteiger partial charge in [0, 0.05) is 5.56 Å². The molecule has 0 spiro atoms. The minimum Gasteiger partial charge on any atom is -0.454 e. The third-order valence-corrected chi connectivity index (χ3v) is 4.05. The number of para-hydroxylation sites is 1. The standard InChI is InChI=1S/C18H19NO5S/c1-12-8-9-14(13(2)10-12)17(20)11-24-18(21)15-6-4-5-7-16(15)19-25(3,22)23/h4-10,19H,11H2,1-3H3. The number of Topliss-reactive ketones (excluding diaryl/α,β-unsaturated/α-hetero) is 1. The summed E-state index contributed by atoms with van der Waals surface area (Å²) in [6.07, 6.45) is 0.985. The van der Waals surface area contributed by atoms with Crippen LogP contribution in [0, 0.1) is 13.8 Å². The quantitative estimate of drug-likeness (QED) is 0.631. The molecule has 2 aromatic carbocycles. The van der Waals surface area contributed by atoms with Gasteiger partial charge in [-0.2, -0.15) is 0 Å². The summed E-state index contributed by atoms with van der Waals surface area (Å²) in [5.74, 6) is -1.09. The lowest BCUT2D eigenvalue weighted by Gasteiger charge is -2.11. The lowest BCUT2D eigenvalue weighted by atomic mass is 10.0. The average Bonchev–Trinajstić information content (AvgIpc) is 2.51. The normalized spacial score (nSPS) is 11.0. The van der Waals surface area contributed by atoms with Gasteiger partial charge in [-0.3, -0.25) is 9.52 Å². The van der Waals surface area contributed by atoms with Crippen molar-refractivity contribution in [1.82, 2.24) is 0 Å². The summed E-state index contributed by atoms with van der Waals surface area (Å²) < 4.78 is 30.1. The Labute approximate surface area is 146 Å². The van der Waals surface area contributed by atoms with Gasteiger partial charge in [-0.1, -0.05) is 35.9 Å². The van der Waals surface area contributed by atoms with E-state index in [2.05, 4.69) is 4.72 Å². The molecule has 1 N–H and O–H groups in total. The molecule has 0 heterocycles. The van der Waals surface area contributed by atoms with Gasteiger partial charge >= 0.3 is 5.97 Å². The minimum atomic E-state index is -3.54. The van der Waals surface area contributed by atoms with Gasteiger partial charge in [0.1, 0.15) is 0 Å². The van der Waals surface area contributed by atoms with Crippen molar-refractivity contribution in [3.63, 3.8) is 0 Å². The Kier molecular flexibility index (Phi) is 5.58. The molecule has 0 aliphatic heterocycles. The Morgan fingerprint density at radius 2 is 1.72 bits per heavy atom. The molecular weight excluding hydrogens is 342 g/mol. The fourth-order valence-corrected chi connectivity index (χ4v) is 2.94. The molecule has 6 nitrogen and oxygen atoms in total. The van der Waals surface area contributed by atoms with Crippen molar-refractivity contribution >= 4 is 27.5 Å². The van der Waals surface area contributed by atoms with Gasteiger partial charge in [-0.05, 0) is 31.5 Å². The van der Waals surface area contributed by atoms with Crippen LogP contribution in [0.15, 0.2) is 42.5 Å². The van der Waals surface area contributed by atoms with E-state index in [1.54, 1.807) is 18.2 Å². The van der Waals surface area contributed by atoms with Crippen molar-refractivity contribution in [2.45, 2.75) is 13.8 Å². The van der Waals surface area contributed by atoms with Crippen LogP contribution in [0.2, 0.25) is 0 Å². The summed E-state index contributed by atoms with van der Waals surface area (Å²) in [7, 11) is -3.54. The van der Waals surface area contributed by atoms with Crippen molar-refractivity contribution in [2.75, 3.05) is 17.6 Å². The highest BCUT2D eigenvalue weighted by Crippen LogP contribution is 2.18. The van der Waals surface area contributed by atoms with E-state index >= 15 is 0 Å². The Bertz CT molecular complexity index is 919. The van der Waals surface area contributed by atoms with E-state index in [1.165, 1.54) is 12.1 Å². The van der Waals surface area contributed by atoms with E-state index in [0.717, 1.165) is 17.4 Å². The number of benzene rings is 2. The summed E-state index contributed by atoms with van der Waals surface area (Å²) in [4.78, 5) is 24.5. The van der Waals surface area contributed by atoms with Gasteiger partial charge in [-0.15, -0.1) is 0 Å². The molecular formula is C18H19NO5S. The fourth-order valence-electron chi connectivity index (χ4n) is 2.36. The third kappa shape index (κ3) is 5.15. The molecule has 0 bridgehead atoms. The van der Waals surface area contributed by atoms with Gasteiger partial charge in [0.05, 0.1) is 17.5 Å². The Balaban J connectivity index is 2.11. The van der Waals surface area contributed by atoms with Crippen molar-refractivity contribution in [2.24, 2.45) is 0 Å². The summed E-state index contributed by atoms with van der Waals surface area (Å²) >= 11 is 0. The first-order valence-corrected chi connectivity index (χ1v) is 9.41. The Morgan fingerprint density at radius 3 is 2.36 bits per heavy atom. The van der Waals surface area contributed by atoms with E-state index < -0.39 is 22.6 Å². The van der Waals surface area contributed by atoms with Crippen LogP contribution in [-0.2, 0) is 14.8 Å². The molecule has 0 unspecified atom stereocenters. The molecule has 0 saturated carbocycles. The second-order valence-electron chi connectivity index (χ2n) is 5.74. The van der Waals surface area contributed by atoms with E-state index in [4.69, 9.17) is 4.74 Å². The molecule has 0 aliphatic rings. The minimum absolute atomic E-state index is 0.0429. The molecule has 7 heteroatoms. The van der Waals surface area contributed by atoms with E-state index in [-0.39, 0.29) is 17.0 Å². The number of anilines is 1. The van der Waals surface area contributed by atoms with E-state index in [9.17, 15) is 18.0 Å². The fraction of sp³-hybridized carbons (Fsp3) is 0.222. The largest absolute Gasteiger partial charge is 0.454 e. The lowest BCUT2D eigenvalue weighted by Crippen LogP contribution is -2.18. The number of ketones is 1. The molecule has 0 amide bonds. The van der Waals surface area contributed by atoms with Crippen molar-refractivity contribution in [3.8, 4) is 0 Å². The molecule has 132 valence electrons. The van der Waals surface area contributed by atoms with Crippen LogP contribution in [-0.4, -0.2) is 33.0 Å². The van der Waals surface area contributed by atoms with Gasteiger partial charge in [0.25, 0.3) is 0 Å². The molecule has 0 aromatic heterocycles. The van der Waals surface area contributed by atoms with Gasteiger partial charge in [0.15, 0.2) is 6.61 Å². The van der Waals surface area contributed by atoms with Crippen LogP contribution in [0.4, 0.5) is 5.69 Å². The number of esters is 1. The molecule has 2 aromatic rings. The summed E-state index contributed by atoms with van der Waals surface area (Å²) in [5, 5.41) is 0. The molecule has 0 fully saturated rings. The lowest BCUT2D eigenvalue weighted by molar-refractivity contribution is 0.0475. The first kappa shape index (κ1) is 18.7. The highest BCUT2D eigenvalue weighted by Gasteiger charge is 2.17. The molecule has 0 saturated heterocycles. The monoisotopic (exact) mass is 361 g/mol. The number of carbonyl (C=O) groups excluding carboxylic acids is 2. The maximum absolute atomic E-state index is 12.2. The zero-order chi connectivity index (χ0) is 18.6. The summed E-state index contributed by atoms with van der Waals surface area (Å²) in [5.41, 5.74) is 2.48. The molecule has 2 rings (SSSR count). The maximum Gasteiger partial charge on any atom is 0.340 e. The topological polar surface area (TPSA) is 89.5 Å². The number of hydrogen-bond acceptors (Lipinski definition) is 5. The van der Waals surface area contributed by atoms with Crippen molar-refractivity contribution in [1.29, 1.82) is 0 Å². The second-order valence-corrected chi connectivity index (χ2v) is 7.49. The SMILES string of the molecule is Cc1ccc(C(=O)COC(=O)c2ccccc2NS(C)(=O)=O)c(C)c1. The summed E-state index contributed by atoms with van der Waals surface area (Å²) in [6, 6.07) is 11.4. The summed E-state index contributed by atoms with van der Waals surface area (Å²) in [6.45, 7) is 3.32. The van der Waals surface area contributed by atoms with Crippen molar-refractivity contribution < 1.29 is 22.7 Å². The maximum atomic E-state index is 12.2. The molecule has 0 radical (unpaired) electrons. The van der Waals surface area contributed by atoms with Crippen LogP contribution >= 0.6 is 0 Å². The van der Waals surface area contributed by atoms with Gasteiger partial charge in [0.2, 0.25) is 15.8 Å². The van der Waals surface area contributed by atoms with Crippen LogP contribution in [0.25, 0.3) is 0 Å². The Hall–Kier alpha value is -2.67. The predicted octanol–water partition coefficient (Wildman–Crippen LogP) is 2.71. The van der Waals surface area contributed by atoms with Crippen LogP contribution < -0.4 is 4.72 Å². The number of hydrogen-bond donors (Lipinski definition) is 1.